The van der Waals surface area contributed by atoms with Crippen LogP contribution in [0.4, 0.5) is 17.1 Å². The van der Waals surface area contributed by atoms with Crippen molar-refractivity contribution in [3.63, 3.8) is 0 Å². The topological polar surface area (TPSA) is 203 Å². The number of nitro benzene ring substituents is 1. The number of nitro groups is 1. The second-order valence-corrected chi connectivity index (χ2v) is 13.0. The molecule has 0 unspecified atom stereocenters. The number of amidine groups is 1. The molecule has 0 saturated carbocycles. The van der Waals surface area contributed by atoms with E-state index < -0.39 is 57.6 Å². The normalized spacial score (nSPS) is 14.2. The second kappa shape index (κ2) is 10.5. The van der Waals surface area contributed by atoms with Crippen LogP contribution in [-0.2, 0) is 26.6 Å². The first-order valence-electron chi connectivity index (χ1n) is 12.5. The number of aromatic hydroxyl groups is 1. The maximum Gasteiger partial charge on any atom is 0.289 e. The third-order valence-electron chi connectivity index (χ3n) is 6.49. The number of benzene rings is 2. The van der Waals surface area contributed by atoms with Gasteiger partial charge in [0, 0.05) is 18.8 Å². The molecule has 4 aromatic rings. The van der Waals surface area contributed by atoms with E-state index in [1.807, 2.05) is 13.8 Å². The molecule has 1 aliphatic rings. The summed E-state index contributed by atoms with van der Waals surface area (Å²) in [7, 11) is -9.00. The third kappa shape index (κ3) is 5.16. The molecule has 0 saturated heterocycles. The molecule has 0 atom stereocenters. The Morgan fingerprint density at radius 3 is 2.60 bits per heavy atom. The lowest BCUT2D eigenvalue weighted by Gasteiger charge is -2.21. The molecule has 5 rings (SSSR count). The lowest BCUT2D eigenvalue weighted by atomic mass is 10.1. The average Bonchev–Trinajstić information content (AvgIpc) is 2.93. The first kappa shape index (κ1) is 28.7. The summed E-state index contributed by atoms with van der Waals surface area (Å²) in [6, 6.07) is 11.3. The van der Waals surface area contributed by atoms with Crippen LogP contribution in [0.3, 0.4) is 0 Å². The van der Waals surface area contributed by atoms with Gasteiger partial charge in [-0.15, -0.1) is 4.40 Å². The smallest absolute Gasteiger partial charge is 0.289 e. The van der Waals surface area contributed by atoms with Crippen molar-refractivity contribution in [2.24, 2.45) is 10.3 Å². The number of para-hydroxylation sites is 1. The quantitative estimate of drug-likeness (QED) is 0.195. The third-order valence-corrected chi connectivity index (χ3v) is 9.23. The maximum absolute atomic E-state index is 13.6. The molecule has 0 fully saturated rings. The van der Waals surface area contributed by atoms with Gasteiger partial charge in [-0.3, -0.25) is 24.2 Å². The Labute approximate surface area is 239 Å². The van der Waals surface area contributed by atoms with Gasteiger partial charge in [-0.1, -0.05) is 26.0 Å². The molecular formula is C26H24N6O8S2. The molecule has 0 amide bonds. The van der Waals surface area contributed by atoms with Crippen molar-refractivity contribution in [1.82, 2.24) is 9.55 Å². The summed E-state index contributed by atoms with van der Waals surface area (Å²) in [6.45, 7) is 4.22. The predicted octanol–water partition coefficient (Wildman–Crippen LogP) is 3.42. The van der Waals surface area contributed by atoms with Crippen LogP contribution in [-0.4, -0.2) is 42.3 Å². The van der Waals surface area contributed by atoms with Crippen molar-refractivity contribution in [2.45, 2.75) is 36.6 Å². The van der Waals surface area contributed by atoms with Gasteiger partial charge >= 0.3 is 0 Å². The van der Waals surface area contributed by atoms with E-state index in [1.54, 1.807) is 12.1 Å². The van der Waals surface area contributed by atoms with E-state index in [1.165, 1.54) is 35.0 Å². The zero-order valence-electron chi connectivity index (χ0n) is 22.2. The van der Waals surface area contributed by atoms with E-state index in [4.69, 9.17) is 0 Å². The standard InChI is InChI=1S/C26H24N6O8S2/c1-15(2)11-13-31-25-17(6-5-12-27-25)23(33)22(26(31)34)24-28-18-10-9-16(14-21(18)42(39,40)30-24)29-41(37,38)20-8-4-3-7-19(20)32(35)36/h3-10,12,14-15,29,33H,11,13H2,1-2H3,(H,28,30). The molecule has 14 nitrogen and oxygen atoms in total. The van der Waals surface area contributed by atoms with Crippen LogP contribution in [0.5, 0.6) is 5.75 Å². The number of pyridine rings is 2. The highest BCUT2D eigenvalue weighted by Gasteiger charge is 2.31. The number of sulfonamides is 2. The fraction of sp³-hybridized carbons (Fsp3) is 0.192. The molecule has 0 bridgehead atoms. The Bertz CT molecular complexity index is 2070. The fourth-order valence-corrected chi connectivity index (χ4v) is 6.82. The first-order valence-corrected chi connectivity index (χ1v) is 15.5. The predicted molar refractivity (Wildman–Crippen MR) is 155 cm³/mol. The van der Waals surface area contributed by atoms with Gasteiger partial charge in [-0.25, -0.2) is 13.4 Å². The van der Waals surface area contributed by atoms with Crippen molar-refractivity contribution in [3.05, 3.63) is 86.8 Å². The molecule has 3 N–H and O–H groups in total. The van der Waals surface area contributed by atoms with Crippen LogP contribution in [0.2, 0.25) is 0 Å². The minimum absolute atomic E-state index is 0.0348. The molecule has 0 spiro atoms. The fourth-order valence-electron chi connectivity index (χ4n) is 4.45. The average molecular weight is 613 g/mol. The van der Waals surface area contributed by atoms with Gasteiger partial charge < -0.3 is 10.4 Å². The van der Waals surface area contributed by atoms with Crippen molar-refractivity contribution in [2.75, 3.05) is 10.0 Å². The van der Waals surface area contributed by atoms with Crippen molar-refractivity contribution in [1.29, 1.82) is 0 Å². The number of nitrogens with zero attached hydrogens (tertiary/aromatic N) is 4. The van der Waals surface area contributed by atoms with Crippen molar-refractivity contribution in [3.8, 4) is 5.75 Å². The number of rotatable bonds is 8. The minimum Gasteiger partial charge on any atom is -0.506 e. The lowest BCUT2D eigenvalue weighted by Crippen LogP contribution is -2.33. The Balaban J connectivity index is 1.57. The summed E-state index contributed by atoms with van der Waals surface area (Å²) in [4.78, 5) is 27.3. The lowest BCUT2D eigenvalue weighted by molar-refractivity contribution is -0.387. The van der Waals surface area contributed by atoms with E-state index in [0.717, 1.165) is 18.2 Å². The van der Waals surface area contributed by atoms with Crippen LogP contribution >= 0.6 is 0 Å². The largest absolute Gasteiger partial charge is 0.506 e. The van der Waals surface area contributed by atoms with Crippen LogP contribution in [0, 0.1) is 16.0 Å². The number of hydrogen-bond donors (Lipinski definition) is 3. The minimum atomic E-state index is -4.52. The molecule has 42 heavy (non-hydrogen) atoms. The summed E-state index contributed by atoms with van der Waals surface area (Å²) < 4.78 is 59.7. The van der Waals surface area contributed by atoms with Gasteiger partial charge in [0.1, 0.15) is 21.9 Å². The molecule has 3 heterocycles. The van der Waals surface area contributed by atoms with E-state index in [2.05, 4.69) is 19.4 Å². The highest BCUT2D eigenvalue weighted by molar-refractivity contribution is 7.93. The molecule has 2 aromatic heterocycles. The summed E-state index contributed by atoms with van der Waals surface area (Å²) in [5, 5.41) is 25.4. The summed E-state index contributed by atoms with van der Waals surface area (Å²) in [5.41, 5.74) is -1.72. The highest BCUT2D eigenvalue weighted by Crippen LogP contribution is 2.34. The zero-order valence-corrected chi connectivity index (χ0v) is 23.8. The molecule has 2 aromatic carbocycles. The van der Waals surface area contributed by atoms with Crippen LogP contribution in [0.1, 0.15) is 25.8 Å². The van der Waals surface area contributed by atoms with Crippen molar-refractivity contribution >= 4 is 54.0 Å². The number of hydrogen-bond acceptors (Lipinski definition) is 10. The number of fused-ring (bicyclic) bond motifs is 2. The van der Waals surface area contributed by atoms with Crippen molar-refractivity contribution < 1.29 is 26.9 Å². The van der Waals surface area contributed by atoms with Gasteiger partial charge in [0.15, 0.2) is 10.7 Å². The molecule has 218 valence electrons. The molecule has 0 radical (unpaired) electrons. The Kier molecular flexibility index (Phi) is 7.20. The van der Waals surface area contributed by atoms with Gasteiger partial charge in [-0.05, 0) is 48.7 Å². The molecular weight excluding hydrogens is 588 g/mol. The van der Waals surface area contributed by atoms with Gasteiger partial charge in [-0.2, -0.15) is 8.42 Å². The van der Waals surface area contributed by atoms with E-state index in [-0.39, 0.29) is 40.4 Å². The summed E-state index contributed by atoms with van der Waals surface area (Å²) >= 11 is 0. The molecule has 1 aliphatic heterocycles. The number of aromatic nitrogens is 2. The van der Waals surface area contributed by atoms with Gasteiger partial charge in [0.25, 0.3) is 31.3 Å². The summed E-state index contributed by atoms with van der Waals surface area (Å²) in [6.07, 6.45) is 2.09. The maximum atomic E-state index is 13.6. The van der Waals surface area contributed by atoms with Gasteiger partial charge in [0.2, 0.25) is 0 Å². The Morgan fingerprint density at radius 2 is 1.88 bits per heavy atom. The first-order chi connectivity index (χ1) is 19.8. The highest BCUT2D eigenvalue weighted by atomic mass is 32.2. The van der Waals surface area contributed by atoms with E-state index >= 15 is 0 Å². The van der Waals surface area contributed by atoms with Gasteiger partial charge in [0.05, 0.1) is 21.7 Å². The van der Waals surface area contributed by atoms with E-state index in [0.29, 0.717) is 6.42 Å². The summed E-state index contributed by atoms with van der Waals surface area (Å²) in [5.74, 6) is -0.671. The zero-order chi connectivity index (χ0) is 30.4. The number of anilines is 2. The molecule has 0 aliphatic carbocycles. The van der Waals surface area contributed by atoms with Crippen LogP contribution < -0.4 is 15.6 Å². The Hall–Kier alpha value is -4.83. The SMILES string of the molecule is CC(C)CCn1c(=O)c(C2=NS(=O)(=O)c3cc(NS(=O)(=O)c4ccccc4[N+](=O)[O-])ccc3N2)c(O)c2cccnc21. The molecule has 16 heteroatoms. The number of aryl methyl sites for hydroxylation is 1. The van der Waals surface area contributed by atoms with E-state index in [9.17, 15) is 36.9 Å². The van der Waals surface area contributed by atoms with Crippen LogP contribution in [0.15, 0.2) is 79.8 Å². The Morgan fingerprint density at radius 1 is 1.14 bits per heavy atom. The number of nitrogens with one attached hydrogen (secondary N) is 2. The second-order valence-electron chi connectivity index (χ2n) is 9.82. The monoisotopic (exact) mass is 612 g/mol. The van der Waals surface area contributed by atoms with Crippen LogP contribution in [0.25, 0.3) is 11.0 Å².